The first-order valence-corrected chi connectivity index (χ1v) is 10.2. The van der Waals surface area contributed by atoms with Gasteiger partial charge < -0.3 is 4.74 Å². The minimum atomic E-state index is -0.232. The summed E-state index contributed by atoms with van der Waals surface area (Å²) < 4.78 is 6.60. The Kier molecular flexibility index (Phi) is 7.25. The molecule has 0 aliphatic carbocycles. The molecule has 25 heavy (non-hydrogen) atoms. The largest absolute Gasteiger partial charge is 0.483 e. The first-order valence-electron chi connectivity index (χ1n) is 8.38. The predicted octanol–water partition coefficient (Wildman–Crippen LogP) is 4.75. The number of hydrogen-bond donors (Lipinski definition) is 1. The lowest BCUT2D eigenvalue weighted by molar-refractivity contribution is -0.118. The van der Waals surface area contributed by atoms with Crippen LogP contribution in [-0.2, 0) is 10.2 Å². The van der Waals surface area contributed by atoms with Crippen LogP contribution in [-0.4, -0.2) is 28.5 Å². The van der Waals surface area contributed by atoms with Crippen LogP contribution in [0.5, 0.6) is 5.75 Å². The van der Waals surface area contributed by atoms with E-state index in [0.29, 0.717) is 5.13 Å². The molecule has 1 heterocycles. The van der Waals surface area contributed by atoms with Crippen molar-refractivity contribution < 1.29 is 9.53 Å². The molecule has 2 aromatic rings. The molecule has 136 valence electrons. The average Bonchev–Trinajstić information content (AvgIpc) is 3.00. The highest BCUT2D eigenvalue weighted by Gasteiger charge is 2.19. The molecule has 0 fully saturated rings. The highest BCUT2D eigenvalue weighted by atomic mass is 32.2. The number of para-hydroxylation sites is 1. The van der Waals surface area contributed by atoms with Gasteiger partial charge >= 0.3 is 0 Å². The van der Waals surface area contributed by atoms with Crippen LogP contribution < -0.4 is 10.1 Å². The molecule has 0 aliphatic heterocycles. The monoisotopic (exact) mass is 379 g/mol. The van der Waals surface area contributed by atoms with E-state index in [1.54, 1.807) is 11.8 Å². The van der Waals surface area contributed by atoms with Gasteiger partial charge in [-0.15, -0.1) is 10.2 Å². The molecule has 1 amide bonds. The molecule has 2 rings (SSSR count). The van der Waals surface area contributed by atoms with Crippen molar-refractivity contribution in [2.75, 3.05) is 17.7 Å². The maximum Gasteiger partial charge on any atom is 0.264 e. The normalized spacial score (nSPS) is 11.4. The summed E-state index contributed by atoms with van der Waals surface area (Å²) in [5.41, 5.74) is 1.03. The molecule has 1 aromatic carbocycles. The summed E-state index contributed by atoms with van der Waals surface area (Å²) in [6.07, 6.45) is 2.30. The topological polar surface area (TPSA) is 64.1 Å². The predicted molar refractivity (Wildman–Crippen MR) is 105 cm³/mol. The summed E-state index contributed by atoms with van der Waals surface area (Å²) in [6, 6.07) is 7.80. The molecule has 0 radical (unpaired) electrons. The standard InChI is InChI=1S/C18H25N3O2S2/c1-5-6-11-24-17-21-20-16(25-17)19-15(22)12-23-14-10-8-7-9-13(14)18(2,3)4/h7-10H,5-6,11-12H2,1-4H3,(H,19,20,22). The van der Waals surface area contributed by atoms with E-state index >= 15 is 0 Å². The Hall–Kier alpha value is -1.60. The number of aromatic nitrogens is 2. The third kappa shape index (κ3) is 6.32. The van der Waals surface area contributed by atoms with Gasteiger partial charge in [-0.25, -0.2) is 0 Å². The number of carbonyl (C=O) groups excluding carboxylic acids is 1. The summed E-state index contributed by atoms with van der Waals surface area (Å²) in [5.74, 6) is 1.52. The van der Waals surface area contributed by atoms with Gasteiger partial charge in [-0.05, 0) is 23.5 Å². The average molecular weight is 380 g/mol. The van der Waals surface area contributed by atoms with E-state index in [4.69, 9.17) is 4.74 Å². The lowest BCUT2D eigenvalue weighted by Crippen LogP contribution is -2.21. The van der Waals surface area contributed by atoms with Crippen molar-refractivity contribution >= 4 is 34.1 Å². The summed E-state index contributed by atoms with van der Waals surface area (Å²) in [4.78, 5) is 12.1. The first kappa shape index (κ1) is 19.7. The Morgan fingerprint density at radius 3 is 2.76 bits per heavy atom. The minimum absolute atomic E-state index is 0.0447. The van der Waals surface area contributed by atoms with Crippen LogP contribution >= 0.6 is 23.1 Å². The van der Waals surface area contributed by atoms with Crippen LogP contribution in [0.1, 0.15) is 46.1 Å². The van der Waals surface area contributed by atoms with E-state index in [9.17, 15) is 4.79 Å². The summed E-state index contributed by atoms with van der Waals surface area (Å²) >= 11 is 3.06. The number of ether oxygens (including phenoxy) is 1. The second kappa shape index (κ2) is 9.20. The Morgan fingerprint density at radius 2 is 2.04 bits per heavy atom. The van der Waals surface area contributed by atoms with E-state index < -0.39 is 0 Å². The summed E-state index contributed by atoms with van der Waals surface area (Å²) in [5, 5.41) is 11.3. The van der Waals surface area contributed by atoms with Crippen molar-refractivity contribution in [3.05, 3.63) is 29.8 Å². The van der Waals surface area contributed by atoms with Gasteiger partial charge in [0.2, 0.25) is 5.13 Å². The van der Waals surface area contributed by atoms with Crippen molar-refractivity contribution in [1.29, 1.82) is 0 Å². The lowest BCUT2D eigenvalue weighted by Gasteiger charge is -2.22. The number of nitrogens with zero attached hydrogens (tertiary/aromatic N) is 2. The van der Waals surface area contributed by atoms with Crippen molar-refractivity contribution in [3.8, 4) is 5.75 Å². The molecule has 0 saturated carbocycles. The lowest BCUT2D eigenvalue weighted by atomic mass is 9.86. The molecule has 0 aliphatic rings. The Morgan fingerprint density at radius 1 is 1.28 bits per heavy atom. The molecular formula is C18H25N3O2S2. The van der Waals surface area contributed by atoms with Crippen LogP contribution in [0.15, 0.2) is 28.6 Å². The van der Waals surface area contributed by atoms with Crippen LogP contribution in [0, 0.1) is 0 Å². The van der Waals surface area contributed by atoms with Crippen LogP contribution in [0.4, 0.5) is 5.13 Å². The van der Waals surface area contributed by atoms with Gasteiger partial charge in [-0.1, -0.05) is 75.4 Å². The molecule has 0 atom stereocenters. The zero-order valence-electron chi connectivity index (χ0n) is 15.2. The second-order valence-electron chi connectivity index (χ2n) is 6.66. The SMILES string of the molecule is CCCCSc1nnc(NC(=O)COc2ccccc2C(C)(C)C)s1. The highest BCUT2D eigenvalue weighted by molar-refractivity contribution is 8.01. The quantitative estimate of drug-likeness (QED) is 0.407. The van der Waals surface area contributed by atoms with E-state index in [-0.39, 0.29) is 17.9 Å². The first-order chi connectivity index (χ1) is 11.9. The number of benzene rings is 1. The van der Waals surface area contributed by atoms with Crippen molar-refractivity contribution in [1.82, 2.24) is 10.2 Å². The minimum Gasteiger partial charge on any atom is -0.483 e. The maximum absolute atomic E-state index is 12.1. The number of anilines is 1. The van der Waals surface area contributed by atoms with E-state index in [2.05, 4.69) is 43.2 Å². The molecule has 0 bridgehead atoms. The molecule has 0 spiro atoms. The van der Waals surface area contributed by atoms with Crippen molar-refractivity contribution in [2.45, 2.75) is 50.3 Å². The summed E-state index contributed by atoms with van der Waals surface area (Å²) in [6.45, 7) is 8.46. The van der Waals surface area contributed by atoms with Gasteiger partial charge in [0, 0.05) is 5.75 Å². The third-order valence-corrected chi connectivity index (χ3v) is 5.49. The number of hydrogen-bond acceptors (Lipinski definition) is 6. The second-order valence-corrected chi connectivity index (χ2v) is 8.98. The van der Waals surface area contributed by atoms with Gasteiger partial charge in [0.05, 0.1) is 0 Å². The van der Waals surface area contributed by atoms with Gasteiger partial charge in [0.15, 0.2) is 10.9 Å². The number of thioether (sulfide) groups is 1. The van der Waals surface area contributed by atoms with Gasteiger partial charge in [-0.2, -0.15) is 0 Å². The number of rotatable bonds is 8. The van der Waals surface area contributed by atoms with Gasteiger partial charge in [0.1, 0.15) is 5.75 Å². The third-order valence-electron chi connectivity index (χ3n) is 3.43. The van der Waals surface area contributed by atoms with Crippen molar-refractivity contribution in [2.24, 2.45) is 0 Å². The maximum atomic E-state index is 12.1. The number of amides is 1. The molecule has 0 saturated heterocycles. The molecule has 7 heteroatoms. The van der Waals surface area contributed by atoms with Crippen molar-refractivity contribution in [3.63, 3.8) is 0 Å². The van der Waals surface area contributed by atoms with Crippen LogP contribution in [0.25, 0.3) is 0 Å². The van der Waals surface area contributed by atoms with E-state index in [0.717, 1.165) is 34.2 Å². The zero-order chi connectivity index (χ0) is 18.3. The molecule has 5 nitrogen and oxygen atoms in total. The van der Waals surface area contributed by atoms with Gasteiger partial charge in [-0.3, -0.25) is 10.1 Å². The fraction of sp³-hybridized carbons (Fsp3) is 0.500. The summed E-state index contributed by atoms with van der Waals surface area (Å²) in [7, 11) is 0. The Bertz CT molecular complexity index is 696. The molecule has 1 aromatic heterocycles. The fourth-order valence-corrected chi connectivity index (χ4v) is 4.06. The van der Waals surface area contributed by atoms with E-state index in [1.165, 1.54) is 11.3 Å². The molecular weight excluding hydrogens is 354 g/mol. The molecule has 1 N–H and O–H groups in total. The smallest absolute Gasteiger partial charge is 0.264 e. The number of nitrogens with one attached hydrogen (secondary N) is 1. The Balaban J connectivity index is 1.87. The fourth-order valence-electron chi connectivity index (χ4n) is 2.13. The van der Waals surface area contributed by atoms with Crippen LogP contribution in [0.2, 0.25) is 0 Å². The number of unbranched alkanes of at least 4 members (excludes halogenated alkanes) is 1. The Labute approximate surface area is 157 Å². The van der Waals surface area contributed by atoms with E-state index in [1.807, 2.05) is 24.3 Å². The molecule has 0 unspecified atom stereocenters. The zero-order valence-corrected chi connectivity index (χ0v) is 16.8. The number of carbonyl (C=O) groups is 1. The van der Waals surface area contributed by atoms with Crippen LogP contribution in [0.3, 0.4) is 0 Å². The highest BCUT2D eigenvalue weighted by Crippen LogP contribution is 2.31. The van der Waals surface area contributed by atoms with Gasteiger partial charge in [0.25, 0.3) is 5.91 Å².